The third-order valence-corrected chi connectivity index (χ3v) is 6.92. The lowest BCUT2D eigenvalue weighted by molar-refractivity contribution is -0.142. The van der Waals surface area contributed by atoms with E-state index < -0.39 is 5.97 Å². The molecule has 0 radical (unpaired) electrons. The van der Waals surface area contributed by atoms with E-state index >= 15 is 0 Å². The SMILES string of the molecule is O=C(O)C1CCC(c2nc(C3(CN[C@H]4CC4c4ccccc4)CC3)no2)CC1. The highest BCUT2D eigenvalue weighted by atomic mass is 16.5. The molecule has 1 aromatic heterocycles. The first-order valence-corrected chi connectivity index (χ1v) is 10.5. The lowest BCUT2D eigenvalue weighted by Crippen LogP contribution is -2.30. The van der Waals surface area contributed by atoms with Crippen LogP contribution in [0.15, 0.2) is 34.9 Å². The van der Waals surface area contributed by atoms with Gasteiger partial charge < -0.3 is 14.9 Å². The lowest BCUT2D eigenvalue weighted by Gasteiger charge is -2.23. The Bertz CT molecular complexity index is 838. The molecule has 3 aliphatic rings. The molecule has 148 valence electrons. The topological polar surface area (TPSA) is 88.2 Å². The van der Waals surface area contributed by atoms with Gasteiger partial charge in [-0.05, 0) is 50.5 Å². The van der Waals surface area contributed by atoms with Crippen LogP contribution in [0.4, 0.5) is 0 Å². The molecule has 2 aromatic rings. The zero-order valence-electron chi connectivity index (χ0n) is 16.0. The largest absolute Gasteiger partial charge is 0.481 e. The van der Waals surface area contributed by atoms with Crippen LogP contribution in [-0.4, -0.2) is 33.8 Å². The number of rotatable bonds is 7. The molecule has 3 fully saturated rings. The van der Waals surface area contributed by atoms with Gasteiger partial charge in [0.15, 0.2) is 5.82 Å². The second-order valence-corrected chi connectivity index (χ2v) is 8.86. The standard InChI is InChI=1S/C22H27N3O3/c26-20(27)16-8-6-15(7-9-16)19-24-21(25-28-19)22(10-11-22)13-23-18-12-17(18)14-4-2-1-3-5-14/h1-5,15-18,23H,6-13H2,(H,26,27)/t15?,16?,17?,18-/m0/s1. The Kier molecular flexibility index (Phi) is 4.46. The number of benzene rings is 1. The first kappa shape index (κ1) is 17.9. The van der Waals surface area contributed by atoms with E-state index in [4.69, 9.17) is 14.6 Å². The molecule has 3 saturated carbocycles. The molecule has 1 aromatic carbocycles. The van der Waals surface area contributed by atoms with Crippen LogP contribution in [0.3, 0.4) is 0 Å². The van der Waals surface area contributed by atoms with Crippen LogP contribution in [0.1, 0.15) is 74.1 Å². The summed E-state index contributed by atoms with van der Waals surface area (Å²) in [6, 6.07) is 11.3. The fraction of sp³-hybridized carbons (Fsp3) is 0.591. The monoisotopic (exact) mass is 381 g/mol. The van der Waals surface area contributed by atoms with E-state index in [-0.39, 0.29) is 17.3 Å². The summed E-state index contributed by atoms with van der Waals surface area (Å²) in [7, 11) is 0. The molecule has 2 N–H and O–H groups in total. The molecule has 3 aliphatic carbocycles. The van der Waals surface area contributed by atoms with Crippen molar-refractivity contribution in [2.45, 2.75) is 68.2 Å². The summed E-state index contributed by atoms with van der Waals surface area (Å²) in [6.45, 7) is 0.908. The maximum absolute atomic E-state index is 11.1. The molecule has 1 unspecified atom stereocenters. The van der Waals surface area contributed by atoms with Crippen molar-refractivity contribution in [1.29, 1.82) is 0 Å². The molecule has 0 amide bonds. The summed E-state index contributed by atoms with van der Waals surface area (Å²) in [4.78, 5) is 15.9. The molecule has 0 aliphatic heterocycles. The number of nitrogens with one attached hydrogen (secondary N) is 1. The van der Waals surface area contributed by atoms with Gasteiger partial charge in [-0.1, -0.05) is 35.5 Å². The zero-order valence-corrected chi connectivity index (χ0v) is 16.0. The second kappa shape index (κ2) is 6.99. The minimum absolute atomic E-state index is 0.0316. The smallest absolute Gasteiger partial charge is 0.306 e. The van der Waals surface area contributed by atoms with E-state index in [1.165, 1.54) is 12.0 Å². The number of carboxylic acids is 1. The van der Waals surface area contributed by atoms with Crippen molar-refractivity contribution in [1.82, 2.24) is 15.5 Å². The first-order chi connectivity index (χ1) is 13.6. The molecular formula is C22H27N3O3. The quantitative estimate of drug-likeness (QED) is 0.762. The fourth-order valence-corrected chi connectivity index (χ4v) is 4.65. The third kappa shape index (κ3) is 3.46. The van der Waals surface area contributed by atoms with E-state index in [2.05, 4.69) is 40.8 Å². The Morgan fingerprint density at radius 2 is 1.93 bits per heavy atom. The first-order valence-electron chi connectivity index (χ1n) is 10.5. The molecule has 2 atom stereocenters. The van der Waals surface area contributed by atoms with Gasteiger partial charge in [0.1, 0.15) is 0 Å². The van der Waals surface area contributed by atoms with Gasteiger partial charge >= 0.3 is 5.97 Å². The summed E-state index contributed by atoms with van der Waals surface area (Å²) < 4.78 is 5.60. The molecule has 6 heteroatoms. The second-order valence-electron chi connectivity index (χ2n) is 8.86. The van der Waals surface area contributed by atoms with Crippen molar-refractivity contribution in [3.63, 3.8) is 0 Å². The highest BCUT2D eigenvalue weighted by Gasteiger charge is 2.50. The minimum atomic E-state index is -0.679. The van der Waals surface area contributed by atoms with Gasteiger partial charge in [-0.3, -0.25) is 4.79 Å². The minimum Gasteiger partial charge on any atom is -0.481 e. The maximum atomic E-state index is 11.1. The van der Waals surface area contributed by atoms with Crippen LogP contribution >= 0.6 is 0 Å². The number of aliphatic carboxylic acids is 1. The molecule has 1 heterocycles. The summed E-state index contributed by atoms with van der Waals surface area (Å²) in [6.07, 6.45) is 6.46. The predicted octanol–water partition coefficient (Wildman–Crippen LogP) is 3.61. The van der Waals surface area contributed by atoms with Crippen molar-refractivity contribution in [2.24, 2.45) is 5.92 Å². The van der Waals surface area contributed by atoms with E-state index in [0.717, 1.165) is 38.1 Å². The molecular weight excluding hydrogens is 354 g/mol. The van der Waals surface area contributed by atoms with Gasteiger partial charge in [-0.25, -0.2) is 0 Å². The summed E-state index contributed by atoms with van der Waals surface area (Å²) in [5.41, 5.74) is 1.45. The molecule has 28 heavy (non-hydrogen) atoms. The molecule has 5 rings (SSSR count). The number of aromatic nitrogens is 2. The molecule has 0 saturated heterocycles. The number of hydrogen-bond acceptors (Lipinski definition) is 5. The van der Waals surface area contributed by atoms with Crippen molar-refractivity contribution < 1.29 is 14.4 Å². The third-order valence-electron chi connectivity index (χ3n) is 6.92. The number of carboxylic acid groups (broad SMARTS) is 1. The van der Waals surface area contributed by atoms with Gasteiger partial charge in [0.05, 0.1) is 5.92 Å². The van der Waals surface area contributed by atoms with Crippen molar-refractivity contribution in [2.75, 3.05) is 6.54 Å². The number of nitrogens with zero attached hydrogens (tertiary/aromatic N) is 2. The van der Waals surface area contributed by atoms with Crippen LogP contribution in [0.2, 0.25) is 0 Å². The van der Waals surface area contributed by atoms with E-state index in [1.807, 2.05) is 0 Å². The van der Waals surface area contributed by atoms with Gasteiger partial charge in [0, 0.05) is 29.8 Å². The highest BCUT2D eigenvalue weighted by Crippen LogP contribution is 2.48. The van der Waals surface area contributed by atoms with E-state index in [1.54, 1.807) is 0 Å². The van der Waals surface area contributed by atoms with E-state index in [0.29, 0.717) is 30.7 Å². The normalized spacial score (nSPS) is 30.7. The molecule has 0 bridgehead atoms. The van der Waals surface area contributed by atoms with Crippen LogP contribution in [0.5, 0.6) is 0 Å². The summed E-state index contributed by atoms with van der Waals surface area (Å²) in [5, 5.41) is 17.2. The van der Waals surface area contributed by atoms with Gasteiger partial charge in [0.25, 0.3) is 0 Å². The average molecular weight is 381 g/mol. The summed E-state index contributed by atoms with van der Waals surface area (Å²) in [5.74, 6) is 1.50. The lowest BCUT2D eigenvalue weighted by atomic mass is 9.82. The van der Waals surface area contributed by atoms with Crippen LogP contribution in [0.25, 0.3) is 0 Å². The van der Waals surface area contributed by atoms with Crippen LogP contribution in [-0.2, 0) is 10.2 Å². The number of carbonyl (C=O) groups is 1. The predicted molar refractivity (Wildman–Crippen MR) is 103 cm³/mol. The molecule has 0 spiro atoms. The van der Waals surface area contributed by atoms with E-state index in [9.17, 15) is 4.79 Å². The Balaban J connectivity index is 1.17. The molecule has 6 nitrogen and oxygen atoms in total. The van der Waals surface area contributed by atoms with Crippen LogP contribution in [0, 0.1) is 5.92 Å². The number of hydrogen-bond donors (Lipinski definition) is 2. The zero-order chi connectivity index (χ0) is 19.1. The Morgan fingerprint density at radius 3 is 2.61 bits per heavy atom. The van der Waals surface area contributed by atoms with Gasteiger partial charge in [0.2, 0.25) is 5.89 Å². The van der Waals surface area contributed by atoms with Crippen molar-refractivity contribution in [3.05, 3.63) is 47.6 Å². The fourth-order valence-electron chi connectivity index (χ4n) is 4.65. The van der Waals surface area contributed by atoms with Crippen molar-refractivity contribution in [3.8, 4) is 0 Å². The Hall–Kier alpha value is -2.21. The van der Waals surface area contributed by atoms with Crippen molar-refractivity contribution >= 4 is 5.97 Å². The van der Waals surface area contributed by atoms with Crippen LogP contribution < -0.4 is 5.32 Å². The average Bonchev–Trinajstić information content (AvgIpc) is 3.64. The Labute approximate surface area is 164 Å². The maximum Gasteiger partial charge on any atom is 0.306 e. The summed E-state index contributed by atoms with van der Waals surface area (Å²) >= 11 is 0. The Morgan fingerprint density at radius 1 is 1.18 bits per heavy atom. The van der Waals surface area contributed by atoms with Gasteiger partial charge in [-0.15, -0.1) is 0 Å². The highest BCUT2D eigenvalue weighted by molar-refractivity contribution is 5.70. The van der Waals surface area contributed by atoms with Gasteiger partial charge in [-0.2, -0.15) is 4.98 Å².